The summed E-state index contributed by atoms with van der Waals surface area (Å²) in [6.45, 7) is 0.980. The van der Waals surface area contributed by atoms with Crippen molar-refractivity contribution in [3.05, 3.63) is 45.5 Å². The van der Waals surface area contributed by atoms with E-state index < -0.39 is 0 Å². The lowest BCUT2D eigenvalue weighted by atomic mass is 10.3. The minimum absolute atomic E-state index is 0.0995. The summed E-state index contributed by atoms with van der Waals surface area (Å²) in [5.74, 6) is 0. The first kappa shape index (κ1) is 12.2. The average Bonchev–Trinajstić information content (AvgIpc) is 2.65. The van der Waals surface area contributed by atoms with E-state index in [1.165, 1.54) is 26.2 Å². The summed E-state index contributed by atoms with van der Waals surface area (Å²) < 4.78 is 4.31. The molecule has 0 saturated carbocycles. The van der Waals surface area contributed by atoms with E-state index in [2.05, 4.69) is 5.10 Å². The zero-order valence-electron chi connectivity index (χ0n) is 10.1. The lowest BCUT2D eigenvalue weighted by molar-refractivity contribution is 0.505. The van der Waals surface area contributed by atoms with Gasteiger partial charge in [0.2, 0.25) is 0 Å². The van der Waals surface area contributed by atoms with Crippen LogP contribution in [-0.4, -0.2) is 18.9 Å². The Morgan fingerprint density at radius 2 is 2.06 bits per heavy atom. The second-order valence-corrected chi connectivity index (χ2v) is 4.10. The lowest BCUT2D eigenvalue weighted by Crippen LogP contribution is -2.25. The molecule has 7 nitrogen and oxygen atoms in total. The van der Waals surface area contributed by atoms with Gasteiger partial charge in [-0.15, -0.1) is 0 Å². The summed E-state index contributed by atoms with van der Waals surface area (Å²) >= 11 is 0. The van der Waals surface area contributed by atoms with Crippen LogP contribution in [-0.2, 0) is 20.1 Å². The molecule has 18 heavy (non-hydrogen) atoms. The molecule has 0 spiro atoms. The molecule has 0 bridgehead atoms. The van der Waals surface area contributed by atoms with Crippen LogP contribution in [0.25, 0.3) is 0 Å². The summed E-state index contributed by atoms with van der Waals surface area (Å²) in [6.07, 6.45) is 3.71. The Bertz CT molecular complexity index is 652. The van der Waals surface area contributed by atoms with Crippen LogP contribution < -0.4 is 17.0 Å². The number of nitrogens with zero attached hydrogens (tertiary/aromatic N) is 4. The molecule has 0 aliphatic rings. The fourth-order valence-electron chi connectivity index (χ4n) is 1.69. The van der Waals surface area contributed by atoms with E-state index in [-0.39, 0.29) is 11.2 Å². The van der Waals surface area contributed by atoms with E-state index in [4.69, 9.17) is 5.73 Å². The molecule has 7 heteroatoms. The number of hydrogen-bond acceptors (Lipinski definition) is 4. The normalized spacial score (nSPS) is 10.7. The van der Waals surface area contributed by atoms with Crippen LogP contribution in [0.2, 0.25) is 0 Å². The molecule has 2 rings (SSSR count). The first-order chi connectivity index (χ1) is 8.58. The number of anilines is 1. The standard InChI is InChI=1S/C11H15N5O2/c1-14-8-13-16(11(14)18)6-2-5-15-7-9(12)3-4-10(15)17/h3-4,7-8H,2,5-6,12H2,1H3. The molecule has 0 atom stereocenters. The molecule has 0 aliphatic carbocycles. The fourth-order valence-corrected chi connectivity index (χ4v) is 1.69. The third-order valence-electron chi connectivity index (χ3n) is 2.66. The number of aromatic nitrogens is 4. The van der Waals surface area contributed by atoms with Gasteiger partial charge in [-0.3, -0.25) is 9.36 Å². The summed E-state index contributed by atoms with van der Waals surface area (Å²) in [5, 5.41) is 3.94. The van der Waals surface area contributed by atoms with Crippen LogP contribution in [0.15, 0.2) is 34.2 Å². The molecule has 96 valence electrons. The van der Waals surface area contributed by atoms with Crippen molar-refractivity contribution < 1.29 is 0 Å². The summed E-state index contributed by atoms with van der Waals surface area (Å²) in [7, 11) is 1.65. The summed E-state index contributed by atoms with van der Waals surface area (Å²) in [4.78, 5) is 23.0. The highest BCUT2D eigenvalue weighted by Crippen LogP contribution is 1.97. The number of nitrogens with two attached hydrogens (primary N) is 1. The number of rotatable bonds is 4. The SMILES string of the molecule is Cn1cnn(CCCn2cc(N)ccc2=O)c1=O. The predicted molar refractivity (Wildman–Crippen MR) is 67.2 cm³/mol. The molecular weight excluding hydrogens is 234 g/mol. The molecule has 0 aromatic carbocycles. The summed E-state index contributed by atoms with van der Waals surface area (Å²) in [5.41, 5.74) is 5.90. The Balaban J connectivity index is 2.01. The van der Waals surface area contributed by atoms with E-state index >= 15 is 0 Å². The molecule has 0 amide bonds. The second kappa shape index (κ2) is 4.91. The molecule has 2 heterocycles. The van der Waals surface area contributed by atoms with Gasteiger partial charge in [0.25, 0.3) is 5.56 Å². The van der Waals surface area contributed by atoms with Gasteiger partial charge in [0.15, 0.2) is 0 Å². The molecule has 2 aromatic heterocycles. The summed E-state index contributed by atoms with van der Waals surface area (Å²) in [6, 6.07) is 3.00. The van der Waals surface area contributed by atoms with Gasteiger partial charge in [-0.05, 0) is 12.5 Å². The predicted octanol–water partition coefficient (Wildman–Crippen LogP) is -0.584. The van der Waals surface area contributed by atoms with Crippen LogP contribution in [0.3, 0.4) is 0 Å². The number of nitrogen functional groups attached to an aromatic ring is 1. The zero-order chi connectivity index (χ0) is 13.1. The van der Waals surface area contributed by atoms with Crippen molar-refractivity contribution in [1.29, 1.82) is 0 Å². The maximum Gasteiger partial charge on any atom is 0.345 e. The zero-order valence-corrected chi connectivity index (χ0v) is 10.1. The molecular formula is C11H15N5O2. The van der Waals surface area contributed by atoms with E-state index in [0.29, 0.717) is 25.2 Å². The van der Waals surface area contributed by atoms with Crippen molar-refractivity contribution >= 4 is 5.69 Å². The topological polar surface area (TPSA) is 87.8 Å². The maximum atomic E-state index is 11.5. The van der Waals surface area contributed by atoms with Crippen molar-refractivity contribution in [2.45, 2.75) is 19.5 Å². The van der Waals surface area contributed by atoms with Gasteiger partial charge in [-0.25, -0.2) is 9.48 Å². The molecule has 0 radical (unpaired) electrons. The highest BCUT2D eigenvalue weighted by molar-refractivity contribution is 5.33. The largest absolute Gasteiger partial charge is 0.398 e. The second-order valence-electron chi connectivity index (χ2n) is 4.10. The van der Waals surface area contributed by atoms with E-state index in [9.17, 15) is 9.59 Å². The number of pyridine rings is 1. The van der Waals surface area contributed by atoms with Crippen LogP contribution in [0, 0.1) is 0 Å². The quantitative estimate of drug-likeness (QED) is 0.785. The Morgan fingerprint density at radius 3 is 2.72 bits per heavy atom. The molecule has 0 unspecified atom stereocenters. The van der Waals surface area contributed by atoms with Crippen molar-refractivity contribution in [1.82, 2.24) is 18.9 Å². The van der Waals surface area contributed by atoms with Crippen molar-refractivity contribution in [3.63, 3.8) is 0 Å². The van der Waals surface area contributed by atoms with Crippen molar-refractivity contribution in [3.8, 4) is 0 Å². The third kappa shape index (κ3) is 2.50. The molecule has 2 N–H and O–H groups in total. The van der Waals surface area contributed by atoms with Gasteiger partial charge < -0.3 is 10.3 Å². The van der Waals surface area contributed by atoms with Gasteiger partial charge >= 0.3 is 5.69 Å². The van der Waals surface area contributed by atoms with Gasteiger partial charge in [0, 0.05) is 38.1 Å². The minimum atomic E-state index is -0.157. The van der Waals surface area contributed by atoms with Crippen LogP contribution in [0.5, 0.6) is 0 Å². The molecule has 0 saturated heterocycles. The van der Waals surface area contributed by atoms with Gasteiger partial charge in [-0.1, -0.05) is 0 Å². The molecule has 0 aliphatic heterocycles. The van der Waals surface area contributed by atoms with Crippen LogP contribution in [0.4, 0.5) is 5.69 Å². The number of hydrogen-bond donors (Lipinski definition) is 1. The fraction of sp³-hybridized carbons (Fsp3) is 0.364. The molecule has 2 aromatic rings. The smallest absolute Gasteiger partial charge is 0.345 e. The van der Waals surface area contributed by atoms with Gasteiger partial charge in [0.1, 0.15) is 6.33 Å². The lowest BCUT2D eigenvalue weighted by Gasteiger charge is -2.05. The van der Waals surface area contributed by atoms with Crippen LogP contribution >= 0.6 is 0 Å². The van der Waals surface area contributed by atoms with Crippen LogP contribution in [0.1, 0.15) is 6.42 Å². The Labute approximate surface area is 103 Å². The minimum Gasteiger partial charge on any atom is -0.398 e. The Kier molecular flexibility index (Phi) is 3.31. The van der Waals surface area contributed by atoms with E-state index in [0.717, 1.165) is 0 Å². The van der Waals surface area contributed by atoms with Crippen molar-refractivity contribution in [2.24, 2.45) is 7.05 Å². The van der Waals surface area contributed by atoms with E-state index in [1.807, 2.05) is 0 Å². The highest BCUT2D eigenvalue weighted by atomic mass is 16.2. The van der Waals surface area contributed by atoms with Gasteiger partial charge in [-0.2, -0.15) is 5.10 Å². The number of aryl methyl sites for hydroxylation is 3. The Morgan fingerprint density at radius 1 is 1.28 bits per heavy atom. The molecule has 0 fully saturated rings. The average molecular weight is 249 g/mol. The monoisotopic (exact) mass is 249 g/mol. The third-order valence-corrected chi connectivity index (χ3v) is 2.66. The first-order valence-corrected chi connectivity index (χ1v) is 5.62. The van der Waals surface area contributed by atoms with Crippen molar-refractivity contribution in [2.75, 3.05) is 5.73 Å². The first-order valence-electron chi connectivity index (χ1n) is 5.62. The Hall–Kier alpha value is -2.31. The highest BCUT2D eigenvalue weighted by Gasteiger charge is 2.02. The van der Waals surface area contributed by atoms with Gasteiger partial charge in [0.05, 0.1) is 0 Å². The van der Waals surface area contributed by atoms with E-state index in [1.54, 1.807) is 19.3 Å². The maximum absolute atomic E-state index is 11.5.